The summed E-state index contributed by atoms with van der Waals surface area (Å²) >= 11 is 0. The largest absolute Gasteiger partial charge is 0.394 e. The number of aliphatic hydroxyl groups excluding tert-OH is 1. The second-order valence-corrected chi connectivity index (χ2v) is 5.92. The van der Waals surface area contributed by atoms with Gasteiger partial charge in [0, 0.05) is 5.69 Å². The van der Waals surface area contributed by atoms with E-state index < -0.39 is 24.2 Å². The highest BCUT2D eigenvalue weighted by atomic mass is 19.4. The number of hydrogen-bond acceptors (Lipinski definition) is 2. The van der Waals surface area contributed by atoms with E-state index in [2.05, 4.69) is 10.6 Å². The quantitative estimate of drug-likeness (QED) is 0.782. The predicted molar refractivity (Wildman–Crippen MR) is 76.6 cm³/mol. The summed E-state index contributed by atoms with van der Waals surface area (Å²) in [6.45, 7) is 1.57. The summed E-state index contributed by atoms with van der Waals surface area (Å²) in [7, 11) is 0. The lowest BCUT2D eigenvalue weighted by Crippen LogP contribution is -2.52. The number of carbonyl (C=O) groups is 1. The first-order valence-corrected chi connectivity index (χ1v) is 7.07. The minimum Gasteiger partial charge on any atom is -0.394 e. The molecule has 1 atom stereocenters. The monoisotopic (exact) mass is 316 g/mol. The molecule has 22 heavy (non-hydrogen) atoms. The van der Waals surface area contributed by atoms with Crippen molar-refractivity contribution in [3.63, 3.8) is 0 Å². The van der Waals surface area contributed by atoms with E-state index in [0.29, 0.717) is 0 Å². The van der Waals surface area contributed by atoms with Gasteiger partial charge in [0.15, 0.2) is 0 Å². The lowest BCUT2D eigenvalue weighted by atomic mass is 9.97. The first kappa shape index (κ1) is 16.6. The van der Waals surface area contributed by atoms with Crippen LogP contribution in [0.25, 0.3) is 0 Å². The maximum absolute atomic E-state index is 12.4. The van der Waals surface area contributed by atoms with Crippen molar-refractivity contribution in [1.29, 1.82) is 0 Å². The van der Waals surface area contributed by atoms with Crippen LogP contribution in [-0.2, 0) is 6.42 Å². The van der Waals surface area contributed by atoms with Gasteiger partial charge in [-0.2, -0.15) is 13.2 Å². The fraction of sp³-hybridized carbons (Fsp3) is 0.533. The van der Waals surface area contributed by atoms with Gasteiger partial charge in [-0.3, -0.25) is 0 Å². The van der Waals surface area contributed by atoms with E-state index in [9.17, 15) is 23.1 Å². The van der Waals surface area contributed by atoms with Gasteiger partial charge in [-0.25, -0.2) is 4.79 Å². The molecule has 0 aliphatic heterocycles. The molecule has 0 saturated heterocycles. The molecular formula is C15H19F3N2O2. The Bertz CT molecular complexity index is 544. The fourth-order valence-corrected chi connectivity index (χ4v) is 2.40. The zero-order valence-electron chi connectivity index (χ0n) is 12.2. The van der Waals surface area contributed by atoms with E-state index in [-0.39, 0.29) is 23.8 Å². The van der Waals surface area contributed by atoms with Crippen LogP contribution in [0.1, 0.15) is 25.3 Å². The van der Waals surface area contributed by atoms with Crippen LogP contribution in [-0.4, -0.2) is 29.5 Å². The molecule has 0 spiro atoms. The van der Waals surface area contributed by atoms with E-state index in [1.807, 2.05) is 0 Å². The van der Waals surface area contributed by atoms with Gasteiger partial charge in [-0.1, -0.05) is 12.1 Å². The van der Waals surface area contributed by atoms with Crippen molar-refractivity contribution < 1.29 is 23.1 Å². The minimum atomic E-state index is -4.29. The van der Waals surface area contributed by atoms with Gasteiger partial charge in [0.1, 0.15) is 0 Å². The fourth-order valence-electron chi connectivity index (χ4n) is 2.40. The second kappa shape index (κ2) is 6.16. The molecule has 3 N–H and O–H groups in total. The van der Waals surface area contributed by atoms with Crippen LogP contribution < -0.4 is 10.6 Å². The number of halogens is 3. The highest BCUT2D eigenvalue weighted by molar-refractivity contribution is 5.89. The van der Waals surface area contributed by atoms with Crippen LogP contribution in [0.2, 0.25) is 0 Å². The molecule has 0 aromatic heterocycles. The topological polar surface area (TPSA) is 61.4 Å². The van der Waals surface area contributed by atoms with Crippen LogP contribution in [0.3, 0.4) is 0 Å². The summed E-state index contributed by atoms with van der Waals surface area (Å²) in [5.41, 5.74) is -0.332. The molecule has 1 aromatic rings. The van der Waals surface area contributed by atoms with E-state index in [1.165, 1.54) is 24.3 Å². The first-order chi connectivity index (χ1) is 10.2. The third-order valence-electron chi connectivity index (χ3n) is 3.80. The first-order valence-electron chi connectivity index (χ1n) is 7.07. The Hall–Kier alpha value is -1.76. The summed E-state index contributed by atoms with van der Waals surface area (Å²) in [5, 5.41) is 14.6. The maximum atomic E-state index is 12.4. The lowest BCUT2D eigenvalue weighted by molar-refractivity contribution is -0.127. The van der Waals surface area contributed by atoms with Crippen molar-refractivity contribution in [2.75, 3.05) is 11.9 Å². The summed E-state index contributed by atoms with van der Waals surface area (Å²) < 4.78 is 37.1. The number of anilines is 1. The van der Waals surface area contributed by atoms with Gasteiger partial charge in [0.2, 0.25) is 0 Å². The predicted octanol–water partition coefficient (Wildman–Crippen LogP) is 3.07. The van der Waals surface area contributed by atoms with Crippen molar-refractivity contribution in [1.82, 2.24) is 5.32 Å². The Morgan fingerprint density at radius 3 is 2.59 bits per heavy atom. The van der Waals surface area contributed by atoms with Crippen molar-refractivity contribution in [2.45, 2.75) is 37.9 Å². The minimum absolute atomic E-state index is 0.0809. The molecule has 2 rings (SSSR count). The van der Waals surface area contributed by atoms with Gasteiger partial charge < -0.3 is 15.7 Å². The third kappa shape index (κ3) is 4.62. The highest BCUT2D eigenvalue weighted by Gasteiger charge is 2.42. The highest BCUT2D eigenvalue weighted by Crippen LogP contribution is 2.39. The van der Waals surface area contributed by atoms with Crippen molar-refractivity contribution >= 4 is 11.7 Å². The molecule has 1 aliphatic rings. The number of benzene rings is 1. The summed E-state index contributed by atoms with van der Waals surface area (Å²) in [4.78, 5) is 12.0. The van der Waals surface area contributed by atoms with Gasteiger partial charge in [-0.15, -0.1) is 0 Å². The average molecular weight is 316 g/mol. The summed E-state index contributed by atoms with van der Waals surface area (Å²) in [6.07, 6.45) is -3.44. The number of nitrogens with one attached hydrogen (secondary N) is 2. The number of alkyl halides is 3. The van der Waals surface area contributed by atoms with Crippen LogP contribution >= 0.6 is 0 Å². The maximum Gasteiger partial charge on any atom is 0.393 e. The Morgan fingerprint density at radius 1 is 1.36 bits per heavy atom. The smallest absolute Gasteiger partial charge is 0.393 e. The van der Waals surface area contributed by atoms with Gasteiger partial charge in [0.05, 0.1) is 18.6 Å². The molecule has 122 valence electrons. The number of urea groups is 1. The van der Waals surface area contributed by atoms with Gasteiger partial charge >= 0.3 is 12.2 Å². The molecule has 1 aliphatic carbocycles. The van der Waals surface area contributed by atoms with Crippen LogP contribution in [0.15, 0.2) is 24.3 Å². The van der Waals surface area contributed by atoms with E-state index >= 15 is 0 Å². The molecule has 1 saturated carbocycles. The number of carbonyl (C=O) groups excluding carboxylic acids is 1. The zero-order chi connectivity index (χ0) is 16.4. The summed E-state index contributed by atoms with van der Waals surface area (Å²) in [6, 6.07) is 5.10. The second-order valence-electron chi connectivity index (χ2n) is 5.92. The van der Waals surface area contributed by atoms with Crippen molar-refractivity contribution in [3.8, 4) is 0 Å². The molecule has 0 heterocycles. The number of rotatable bonds is 5. The van der Waals surface area contributed by atoms with Crippen molar-refractivity contribution in [3.05, 3.63) is 29.8 Å². The summed E-state index contributed by atoms with van der Waals surface area (Å²) in [5.74, 6) is 0.236. The van der Waals surface area contributed by atoms with E-state index in [4.69, 9.17) is 0 Å². The molecule has 4 nitrogen and oxygen atoms in total. The SMILES string of the molecule is CC(CO)(NC(=O)Nc1cccc(CC(F)(F)F)c1)C1CC1. The number of hydrogen-bond donors (Lipinski definition) is 3. The third-order valence-corrected chi connectivity index (χ3v) is 3.80. The Morgan fingerprint density at radius 2 is 2.05 bits per heavy atom. The molecule has 0 bridgehead atoms. The van der Waals surface area contributed by atoms with Crippen LogP contribution in [0, 0.1) is 5.92 Å². The molecule has 1 fully saturated rings. The van der Waals surface area contributed by atoms with Crippen molar-refractivity contribution in [2.24, 2.45) is 5.92 Å². The van der Waals surface area contributed by atoms with E-state index in [0.717, 1.165) is 12.8 Å². The molecular weight excluding hydrogens is 297 g/mol. The standard InChI is InChI=1S/C15H19F3N2O2/c1-14(9-21,11-5-6-11)20-13(22)19-12-4-2-3-10(7-12)8-15(16,17)18/h2-4,7,11,21H,5-6,8-9H2,1H3,(H2,19,20,22). The van der Waals surface area contributed by atoms with E-state index in [1.54, 1.807) is 6.92 Å². The van der Waals surface area contributed by atoms with Gasteiger partial charge in [-0.05, 0) is 43.4 Å². The number of amides is 2. The van der Waals surface area contributed by atoms with Crippen LogP contribution in [0.4, 0.5) is 23.7 Å². The Labute approximate surface area is 126 Å². The lowest BCUT2D eigenvalue weighted by Gasteiger charge is -2.28. The number of aliphatic hydroxyl groups is 1. The van der Waals surface area contributed by atoms with Crippen LogP contribution in [0.5, 0.6) is 0 Å². The molecule has 1 aromatic carbocycles. The normalized spacial score (nSPS) is 17.7. The molecule has 0 radical (unpaired) electrons. The zero-order valence-corrected chi connectivity index (χ0v) is 12.2. The molecule has 7 heteroatoms. The molecule has 2 amide bonds. The Balaban J connectivity index is 1.98. The average Bonchev–Trinajstić information content (AvgIpc) is 3.21. The van der Waals surface area contributed by atoms with Gasteiger partial charge in [0.25, 0.3) is 0 Å². The molecule has 1 unspecified atom stereocenters. The Kier molecular flexibility index (Phi) is 4.65.